The number of carbonyl (C=O) groups is 1. The molecule has 0 aliphatic carbocycles. The van der Waals surface area contributed by atoms with Gasteiger partial charge in [-0.25, -0.2) is 0 Å². The zero-order valence-electron chi connectivity index (χ0n) is 11.4. The van der Waals surface area contributed by atoms with E-state index in [1.807, 2.05) is 36.4 Å². The summed E-state index contributed by atoms with van der Waals surface area (Å²) in [6, 6.07) is 11.3. The zero-order chi connectivity index (χ0) is 14.8. The molecule has 0 radical (unpaired) electrons. The van der Waals surface area contributed by atoms with Crippen molar-refractivity contribution in [3.8, 4) is 11.3 Å². The molecule has 21 heavy (non-hydrogen) atoms. The number of fused-ring (bicyclic) bond motifs is 1. The number of rotatable bonds is 4. The van der Waals surface area contributed by atoms with E-state index in [4.69, 9.17) is 5.73 Å². The lowest BCUT2D eigenvalue weighted by Gasteiger charge is -2.05. The first-order valence-electron chi connectivity index (χ1n) is 6.45. The van der Waals surface area contributed by atoms with Gasteiger partial charge in [-0.15, -0.1) is 10.2 Å². The van der Waals surface area contributed by atoms with E-state index in [1.54, 1.807) is 11.6 Å². The van der Waals surface area contributed by atoms with Crippen molar-refractivity contribution in [2.75, 3.05) is 12.4 Å². The second-order valence-electron chi connectivity index (χ2n) is 4.61. The highest BCUT2D eigenvalue weighted by Gasteiger charge is 2.08. The van der Waals surface area contributed by atoms with Crippen LogP contribution in [0.2, 0.25) is 0 Å². The van der Waals surface area contributed by atoms with Gasteiger partial charge in [-0.1, -0.05) is 18.2 Å². The van der Waals surface area contributed by atoms with Gasteiger partial charge in [0.15, 0.2) is 5.65 Å². The van der Waals surface area contributed by atoms with Gasteiger partial charge in [0.05, 0.1) is 12.1 Å². The average Bonchev–Trinajstić information content (AvgIpc) is 2.89. The summed E-state index contributed by atoms with van der Waals surface area (Å²) in [7, 11) is 1.76. The Hall–Kier alpha value is -2.96. The van der Waals surface area contributed by atoms with Crippen LogP contribution in [0, 0.1) is 0 Å². The lowest BCUT2D eigenvalue weighted by molar-refractivity contribution is -0.117. The molecule has 2 aromatic heterocycles. The van der Waals surface area contributed by atoms with Crippen molar-refractivity contribution in [1.29, 1.82) is 0 Å². The lowest BCUT2D eigenvalue weighted by Crippen LogP contribution is -2.13. The monoisotopic (exact) mass is 282 g/mol. The van der Waals surface area contributed by atoms with E-state index < -0.39 is 0 Å². The van der Waals surface area contributed by atoms with E-state index in [0.717, 1.165) is 16.8 Å². The van der Waals surface area contributed by atoms with Crippen molar-refractivity contribution in [2.24, 2.45) is 5.73 Å². The number of hydrogen-bond acceptors (Lipinski definition) is 5. The lowest BCUT2D eigenvalue weighted by atomic mass is 10.1. The van der Waals surface area contributed by atoms with Crippen LogP contribution in [0.5, 0.6) is 0 Å². The zero-order valence-corrected chi connectivity index (χ0v) is 11.4. The molecule has 0 bridgehead atoms. The highest BCUT2D eigenvalue weighted by atomic mass is 16.1. The molecule has 0 aliphatic rings. The Balaban J connectivity index is 2.05. The first kappa shape index (κ1) is 13.0. The predicted molar refractivity (Wildman–Crippen MR) is 78.7 cm³/mol. The Kier molecular flexibility index (Phi) is 3.23. The summed E-state index contributed by atoms with van der Waals surface area (Å²) in [5, 5.41) is 15.4. The van der Waals surface area contributed by atoms with E-state index in [0.29, 0.717) is 11.6 Å². The number of amides is 1. The first-order chi connectivity index (χ1) is 10.2. The largest absolute Gasteiger partial charge is 0.369 e. The Labute approximate surface area is 120 Å². The second kappa shape index (κ2) is 5.20. The van der Waals surface area contributed by atoms with Crippen LogP contribution in [-0.2, 0) is 11.2 Å². The molecule has 7 nitrogen and oxygen atoms in total. The van der Waals surface area contributed by atoms with Gasteiger partial charge in [-0.05, 0) is 23.8 Å². The molecule has 0 saturated heterocycles. The first-order valence-corrected chi connectivity index (χ1v) is 6.45. The third-order valence-corrected chi connectivity index (χ3v) is 3.09. The van der Waals surface area contributed by atoms with Gasteiger partial charge in [0.2, 0.25) is 11.9 Å². The molecular weight excluding hydrogens is 268 g/mol. The summed E-state index contributed by atoms with van der Waals surface area (Å²) in [6.45, 7) is 0. The van der Waals surface area contributed by atoms with Crippen molar-refractivity contribution in [1.82, 2.24) is 19.8 Å². The number of aromatic nitrogens is 4. The minimum Gasteiger partial charge on any atom is -0.369 e. The Morgan fingerprint density at radius 2 is 2.14 bits per heavy atom. The summed E-state index contributed by atoms with van der Waals surface area (Å²) < 4.78 is 1.64. The predicted octanol–water partition coefficient (Wildman–Crippen LogP) is 0.861. The van der Waals surface area contributed by atoms with E-state index in [-0.39, 0.29) is 12.3 Å². The van der Waals surface area contributed by atoms with Crippen LogP contribution in [0.4, 0.5) is 5.95 Å². The molecule has 0 spiro atoms. The van der Waals surface area contributed by atoms with Crippen LogP contribution < -0.4 is 11.1 Å². The number of primary amides is 1. The van der Waals surface area contributed by atoms with Crippen LogP contribution in [0.3, 0.4) is 0 Å². The smallest absolute Gasteiger partial charge is 0.245 e. The molecule has 1 aromatic carbocycles. The number of hydrogen-bond donors (Lipinski definition) is 2. The molecule has 3 aromatic rings. The SMILES string of the molecule is CNc1nnc2ccc(-c3cccc(CC(N)=O)c3)nn12. The summed E-state index contributed by atoms with van der Waals surface area (Å²) >= 11 is 0. The van der Waals surface area contributed by atoms with Gasteiger partial charge >= 0.3 is 0 Å². The van der Waals surface area contributed by atoms with Crippen molar-refractivity contribution >= 4 is 17.5 Å². The Bertz CT molecular complexity index is 810. The van der Waals surface area contributed by atoms with Crippen LogP contribution in [-0.4, -0.2) is 32.8 Å². The molecule has 7 heteroatoms. The van der Waals surface area contributed by atoms with Crippen LogP contribution >= 0.6 is 0 Å². The highest BCUT2D eigenvalue weighted by Crippen LogP contribution is 2.19. The fourth-order valence-electron chi connectivity index (χ4n) is 2.14. The van der Waals surface area contributed by atoms with E-state index >= 15 is 0 Å². The molecule has 3 rings (SSSR count). The van der Waals surface area contributed by atoms with Gasteiger partial charge in [0.1, 0.15) is 0 Å². The maximum atomic E-state index is 11.0. The number of benzene rings is 1. The number of nitrogens with zero attached hydrogens (tertiary/aromatic N) is 4. The Morgan fingerprint density at radius 1 is 1.29 bits per heavy atom. The summed E-state index contributed by atoms with van der Waals surface area (Å²) in [4.78, 5) is 11.0. The van der Waals surface area contributed by atoms with Gasteiger partial charge in [0, 0.05) is 12.6 Å². The van der Waals surface area contributed by atoms with Crippen molar-refractivity contribution in [3.05, 3.63) is 42.0 Å². The number of carbonyl (C=O) groups excluding carboxylic acids is 1. The molecule has 0 fully saturated rings. The molecule has 106 valence electrons. The summed E-state index contributed by atoms with van der Waals surface area (Å²) in [5.74, 6) is 0.215. The highest BCUT2D eigenvalue weighted by molar-refractivity contribution is 5.77. The van der Waals surface area contributed by atoms with Gasteiger partial charge in [-0.3, -0.25) is 4.79 Å². The second-order valence-corrected chi connectivity index (χ2v) is 4.61. The topological polar surface area (TPSA) is 98.2 Å². The molecular formula is C14H14N6O. The number of nitrogens with one attached hydrogen (secondary N) is 1. The van der Waals surface area contributed by atoms with Gasteiger partial charge in [-0.2, -0.15) is 9.61 Å². The van der Waals surface area contributed by atoms with Crippen LogP contribution in [0.25, 0.3) is 16.9 Å². The third-order valence-electron chi connectivity index (χ3n) is 3.09. The molecule has 2 heterocycles. The van der Waals surface area contributed by atoms with Gasteiger partial charge < -0.3 is 11.1 Å². The van der Waals surface area contributed by atoms with Crippen molar-refractivity contribution in [2.45, 2.75) is 6.42 Å². The van der Waals surface area contributed by atoms with Crippen molar-refractivity contribution in [3.63, 3.8) is 0 Å². The molecule has 3 N–H and O–H groups in total. The van der Waals surface area contributed by atoms with E-state index in [2.05, 4.69) is 20.6 Å². The van der Waals surface area contributed by atoms with Crippen LogP contribution in [0.1, 0.15) is 5.56 Å². The molecule has 0 saturated carbocycles. The quantitative estimate of drug-likeness (QED) is 0.739. The Morgan fingerprint density at radius 3 is 2.90 bits per heavy atom. The maximum Gasteiger partial charge on any atom is 0.245 e. The fourth-order valence-corrected chi connectivity index (χ4v) is 2.14. The molecule has 1 amide bonds. The van der Waals surface area contributed by atoms with E-state index in [9.17, 15) is 4.79 Å². The summed E-state index contributed by atoms with van der Waals surface area (Å²) in [6.07, 6.45) is 0.213. The summed E-state index contributed by atoms with van der Waals surface area (Å²) in [5.41, 5.74) is 8.43. The average molecular weight is 282 g/mol. The maximum absolute atomic E-state index is 11.0. The fraction of sp³-hybridized carbons (Fsp3) is 0.143. The standard InChI is InChI=1S/C14H14N6O/c1-16-14-18-17-13-6-5-11(19-20(13)14)10-4-2-3-9(7-10)8-12(15)21/h2-7H,8H2,1H3,(H2,15,21)(H,16,18). The molecule has 0 unspecified atom stereocenters. The number of nitrogens with two attached hydrogens (primary N) is 1. The third kappa shape index (κ3) is 2.53. The normalized spacial score (nSPS) is 10.7. The van der Waals surface area contributed by atoms with Crippen molar-refractivity contribution < 1.29 is 4.79 Å². The van der Waals surface area contributed by atoms with E-state index in [1.165, 1.54) is 0 Å². The minimum absolute atomic E-state index is 0.213. The van der Waals surface area contributed by atoms with Crippen LogP contribution in [0.15, 0.2) is 36.4 Å². The molecule has 0 atom stereocenters. The molecule has 0 aliphatic heterocycles. The minimum atomic E-state index is -0.355. The number of anilines is 1. The van der Waals surface area contributed by atoms with Gasteiger partial charge in [0.25, 0.3) is 0 Å².